The molecule has 2 aromatic rings. The summed E-state index contributed by atoms with van der Waals surface area (Å²) in [6.07, 6.45) is 5.06. The first-order valence-electron chi connectivity index (χ1n) is 16.7. The van der Waals surface area contributed by atoms with Gasteiger partial charge in [0.05, 0.1) is 21.7 Å². The van der Waals surface area contributed by atoms with Gasteiger partial charge in [0, 0.05) is 37.9 Å². The molecular formula is C35H47ClF2N6O4Si. The topological polar surface area (TPSA) is 117 Å². The molecule has 1 fully saturated rings. The van der Waals surface area contributed by atoms with Gasteiger partial charge in [0.25, 0.3) is 0 Å². The summed E-state index contributed by atoms with van der Waals surface area (Å²) in [5.41, 5.74) is -3.13. The van der Waals surface area contributed by atoms with Gasteiger partial charge in [-0.3, -0.25) is 10.6 Å². The maximum absolute atomic E-state index is 16.3. The first kappa shape index (κ1) is 36.7. The monoisotopic (exact) mass is 716 g/mol. The molecule has 0 bridgehead atoms. The lowest BCUT2D eigenvalue weighted by molar-refractivity contribution is -0.0219. The minimum Gasteiger partial charge on any atom is -0.417 e. The number of amides is 3. The maximum atomic E-state index is 16.3. The highest BCUT2D eigenvalue weighted by Crippen LogP contribution is 2.49. The first-order valence-corrected chi connectivity index (χ1v) is 20.0. The molecule has 0 radical (unpaired) electrons. The number of carbonyl (C=O) groups is 2. The highest BCUT2D eigenvalue weighted by Gasteiger charge is 2.56. The van der Waals surface area contributed by atoms with Crippen LogP contribution in [0, 0.1) is 17.6 Å². The SMILES string of the molecule is CC1CN(C(=O)OC2(C3=CC=CNC3(CCO[Si](C)(C)C(C)(C)C)C(C)C)NC(=O)Nc3nc(-c4c(F)cccc4Cl)c(F)cc32)CCN1. The second kappa shape index (κ2) is 13.7. The van der Waals surface area contributed by atoms with Crippen LogP contribution >= 0.6 is 11.6 Å². The van der Waals surface area contributed by atoms with Gasteiger partial charge in [0.2, 0.25) is 5.72 Å². The molecule has 3 atom stereocenters. The number of halogens is 3. The molecule has 0 spiro atoms. The van der Waals surface area contributed by atoms with Gasteiger partial charge in [-0.1, -0.05) is 58.4 Å². The first-order chi connectivity index (χ1) is 22.9. The number of hydrogen-bond donors (Lipinski definition) is 4. The number of urea groups is 1. The van der Waals surface area contributed by atoms with E-state index in [0.717, 1.165) is 12.1 Å². The van der Waals surface area contributed by atoms with Gasteiger partial charge in [-0.25, -0.2) is 23.4 Å². The van der Waals surface area contributed by atoms with E-state index in [2.05, 4.69) is 60.1 Å². The Hall–Kier alpha value is -3.52. The number of pyridine rings is 1. The second-order valence-electron chi connectivity index (χ2n) is 14.8. The largest absolute Gasteiger partial charge is 0.417 e. The van der Waals surface area contributed by atoms with Crippen molar-refractivity contribution in [3.05, 3.63) is 70.4 Å². The normalized spacial score (nSPS) is 24.1. The van der Waals surface area contributed by atoms with Gasteiger partial charge in [0.1, 0.15) is 23.1 Å². The number of aromatic nitrogens is 1. The zero-order chi connectivity index (χ0) is 35.9. The van der Waals surface area contributed by atoms with Crippen molar-refractivity contribution in [1.29, 1.82) is 0 Å². The highest BCUT2D eigenvalue weighted by atomic mass is 35.5. The molecule has 1 saturated heterocycles. The van der Waals surface area contributed by atoms with Crippen LogP contribution in [0.25, 0.3) is 11.3 Å². The number of piperazine rings is 1. The molecule has 3 unspecified atom stereocenters. The third-order valence-corrected chi connectivity index (χ3v) is 15.1. The number of allylic oxidation sites excluding steroid dienone is 2. The van der Waals surface area contributed by atoms with Crippen molar-refractivity contribution >= 4 is 37.9 Å². The van der Waals surface area contributed by atoms with E-state index >= 15 is 8.78 Å². The van der Waals surface area contributed by atoms with E-state index in [4.69, 9.17) is 20.8 Å². The van der Waals surface area contributed by atoms with Crippen LogP contribution in [-0.2, 0) is 14.9 Å². The number of ether oxygens (including phenoxy) is 1. The average molecular weight is 717 g/mol. The van der Waals surface area contributed by atoms with Crippen molar-refractivity contribution in [2.75, 3.05) is 31.6 Å². The molecule has 49 heavy (non-hydrogen) atoms. The number of hydrogen-bond acceptors (Lipinski definition) is 7. The van der Waals surface area contributed by atoms with Gasteiger partial charge < -0.3 is 24.7 Å². The van der Waals surface area contributed by atoms with Crippen molar-refractivity contribution in [3.63, 3.8) is 0 Å². The van der Waals surface area contributed by atoms with Gasteiger partial charge in [-0.15, -0.1) is 0 Å². The molecule has 0 aliphatic carbocycles. The summed E-state index contributed by atoms with van der Waals surface area (Å²) < 4.78 is 44.5. The Morgan fingerprint density at radius 1 is 1.22 bits per heavy atom. The van der Waals surface area contributed by atoms with Gasteiger partial charge in [-0.05, 0) is 67.9 Å². The van der Waals surface area contributed by atoms with Gasteiger partial charge in [-0.2, -0.15) is 0 Å². The minimum atomic E-state index is -2.16. The average Bonchev–Trinajstić information content (AvgIpc) is 3.01. The van der Waals surface area contributed by atoms with E-state index in [0.29, 0.717) is 38.2 Å². The number of benzene rings is 1. The Morgan fingerprint density at radius 3 is 2.61 bits per heavy atom. The Bertz CT molecular complexity index is 1660. The summed E-state index contributed by atoms with van der Waals surface area (Å²) in [6.45, 7) is 18.5. The molecule has 1 aromatic carbocycles. The summed E-state index contributed by atoms with van der Waals surface area (Å²) in [7, 11) is -2.16. The maximum Gasteiger partial charge on any atom is 0.412 e. The standard InChI is InChI=1S/C35H47ClF2N6O4Si/c1-21(2)34(14-18-47-49(7,8)33(4,5)6)27(13-10-15-40-34)35(48-32(46)44-17-16-39-22(3)20-44)23-19-26(38)29(41-30(23)42-31(45)43-35)28-24(36)11-9-12-25(28)37/h9-13,15,19,21-22,39-40H,14,16-18,20H2,1-8H3,(H2,41,42,43,45). The zero-order valence-corrected chi connectivity index (χ0v) is 31.1. The number of nitrogens with one attached hydrogen (secondary N) is 4. The number of anilines is 1. The van der Waals surface area contributed by atoms with Crippen molar-refractivity contribution in [2.45, 2.75) is 83.4 Å². The minimum absolute atomic E-state index is 0.0000680. The molecule has 3 aliphatic rings. The fraction of sp³-hybridized carbons (Fsp3) is 0.514. The van der Waals surface area contributed by atoms with Crippen LogP contribution in [0.4, 0.5) is 24.2 Å². The van der Waals surface area contributed by atoms with Crippen LogP contribution in [0.15, 0.2) is 48.2 Å². The van der Waals surface area contributed by atoms with Crippen LogP contribution < -0.4 is 21.3 Å². The van der Waals surface area contributed by atoms with Crippen LogP contribution in [0.3, 0.4) is 0 Å². The molecule has 266 valence electrons. The van der Waals surface area contributed by atoms with E-state index in [9.17, 15) is 9.59 Å². The van der Waals surface area contributed by atoms with Crippen molar-refractivity contribution < 1.29 is 27.5 Å². The quantitative estimate of drug-likeness (QED) is 0.213. The fourth-order valence-electron chi connectivity index (χ4n) is 6.42. The van der Waals surface area contributed by atoms with Crippen LogP contribution in [0.2, 0.25) is 23.2 Å². The summed E-state index contributed by atoms with van der Waals surface area (Å²) in [5, 5.41) is 12.2. The van der Waals surface area contributed by atoms with Crippen LogP contribution in [-0.4, -0.2) is 68.1 Å². The lowest BCUT2D eigenvalue weighted by Crippen LogP contribution is -2.65. The third kappa shape index (κ3) is 6.95. The van der Waals surface area contributed by atoms with E-state index in [-0.39, 0.29) is 39.0 Å². The van der Waals surface area contributed by atoms with Gasteiger partial charge in [0.15, 0.2) is 8.32 Å². The number of nitrogens with zero attached hydrogens (tertiary/aromatic N) is 2. The molecule has 4 N–H and O–H groups in total. The summed E-state index contributed by atoms with van der Waals surface area (Å²) in [4.78, 5) is 33.7. The lowest BCUT2D eigenvalue weighted by atomic mass is 9.69. The number of carbonyl (C=O) groups excluding carboxylic acids is 2. The Morgan fingerprint density at radius 2 is 1.96 bits per heavy atom. The lowest BCUT2D eigenvalue weighted by Gasteiger charge is -2.51. The Balaban J connectivity index is 1.69. The Kier molecular flexibility index (Phi) is 10.2. The summed E-state index contributed by atoms with van der Waals surface area (Å²) >= 11 is 6.31. The van der Waals surface area contributed by atoms with E-state index in [1.54, 1.807) is 23.3 Å². The molecular weight excluding hydrogens is 670 g/mol. The molecule has 3 aliphatic heterocycles. The van der Waals surface area contributed by atoms with Crippen molar-refractivity contribution in [1.82, 2.24) is 25.8 Å². The fourth-order valence-corrected chi connectivity index (χ4v) is 7.71. The Labute approximate surface area is 293 Å². The second-order valence-corrected chi connectivity index (χ2v) is 20.0. The number of fused-ring (bicyclic) bond motifs is 1. The van der Waals surface area contributed by atoms with Crippen molar-refractivity contribution in [3.8, 4) is 11.3 Å². The predicted octanol–water partition coefficient (Wildman–Crippen LogP) is 7.25. The smallest absolute Gasteiger partial charge is 0.412 e. The van der Waals surface area contributed by atoms with E-state index < -0.39 is 49.0 Å². The molecule has 4 heterocycles. The zero-order valence-electron chi connectivity index (χ0n) is 29.4. The molecule has 3 amide bonds. The number of rotatable bonds is 8. The predicted molar refractivity (Wildman–Crippen MR) is 190 cm³/mol. The molecule has 1 aromatic heterocycles. The van der Waals surface area contributed by atoms with Crippen LogP contribution in [0.5, 0.6) is 0 Å². The van der Waals surface area contributed by atoms with Crippen LogP contribution in [0.1, 0.15) is 53.5 Å². The molecule has 10 nitrogen and oxygen atoms in total. The van der Waals surface area contributed by atoms with E-state index in [1.807, 2.05) is 20.8 Å². The summed E-state index contributed by atoms with van der Waals surface area (Å²) in [5.74, 6) is -1.96. The van der Waals surface area contributed by atoms with E-state index in [1.165, 1.54) is 12.1 Å². The van der Waals surface area contributed by atoms with Gasteiger partial charge >= 0.3 is 12.1 Å². The third-order valence-electron chi connectivity index (χ3n) is 10.3. The number of dihydropyridines is 1. The summed E-state index contributed by atoms with van der Waals surface area (Å²) in [6, 6.07) is 4.35. The molecule has 14 heteroatoms. The molecule has 0 saturated carbocycles. The van der Waals surface area contributed by atoms with Crippen molar-refractivity contribution in [2.24, 2.45) is 5.92 Å². The molecule has 5 rings (SSSR count). The highest BCUT2D eigenvalue weighted by molar-refractivity contribution is 6.74.